The number of aromatic nitrogens is 1. The maximum Gasteiger partial charge on any atom is 0.511 e. The third-order valence-electron chi connectivity index (χ3n) is 8.21. The summed E-state index contributed by atoms with van der Waals surface area (Å²) in [6.45, 7) is 2.52. The number of ketones is 1. The largest absolute Gasteiger partial charge is 0.511 e. The summed E-state index contributed by atoms with van der Waals surface area (Å²) in [5, 5.41) is 4.23. The van der Waals surface area contributed by atoms with Crippen LogP contribution in [-0.4, -0.2) is 59.2 Å². The van der Waals surface area contributed by atoms with Gasteiger partial charge in [-0.25, -0.2) is 8.42 Å². The van der Waals surface area contributed by atoms with Gasteiger partial charge in [-0.3, -0.25) is 4.79 Å². The van der Waals surface area contributed by atoms with Crippen molar-refractivity contribution in [1.82, 2.24) is 14.2 Å². The summed E-state index contributed by atoms with van der Waals surface area (Å²) in [4.78, 5) is 13.0. The minimum absolute atomic E-state index is 0.108. The van der Waals surface area contributed by atoms with Crippen LogP contribution in [0.2, 0.25) is 0 Å². The van der Waals surface area contributed by atoms with Crippen molar-refractivity contribution >= 4 is 43.9 Å². The Hall–Kier alpha value is -2.80. The Morgan fingerprint density at radius 2 is 1.88 bits per heavy atom. The molecule has 1 aromatic heterocycles. The zero-order chi connectivity index (χ0) is 29.5. The number of nitrogens with one attached hydrogen (secondary N) is 1. The summed E-state index contributed by atoms with van der Waals surface area (Å²) >= 11 is 5.16. The van der Waals surface area contributed by atoms with E-state index in [0.717, 1.165) is 40.6 Å². The molecular weight excluding hydrogens is 573 g/mol. The van der Waals surface area contributed by atoms with Crippen LogP contribution in [0.1, 0.15) is 49.8 Å². The molecule has 12 heteroatoms. The Labute approximate surface area is 242 Å². The lowest BCUT2D eigenvalue weighted by atomic mass is 9.98. The van der Waals surface area contributed by atoms with E-state index in [1.165, 1.54) is 0 Å². The van der Waals surface area contributed by atoms with Gasteiger partial charge in [0.15, 0.2) is 0 Å². The lowest BCUT2D eigenvalue weighted by Gasteiger charge is -2.32. The first-order valence-electron chi connectivity index (χ1n) is 13.7. The number of carbonyl (C=O) groups is 1. The Morgan fingerprint density at radius 3 is 2.51 bits per heavy atom. The van der Waals surface area contributed by atoms with E-state index in [0.29, 0.717) is 28.6 Å². The number of alkyl halides is 3. The van der Waals surface area contributed by atoms with Crippen molar-refractivity contribution in [3.8, 4) is 11.1 Å². The molecule has 2 fully saturated rings. The predicted molar refractivity (Wildman–Crippen MR) is 157 cm³/mol. The van der Waals surface area contributed by atoms with E-state index in [9.17, 15) is 26.4 Å². The van der Waals surface area contributed by atoms with Crippen molar-refractivity contribution < 1.29 is 26.4 Å². The van der Waals surface area contributed by atoms with Crippen LogP contribution in [0.5, 0.6) is 0 Å². The second-order valence-electron chi connectivity index (χ2n) is 11.1. The first-order chi connectivity index (χ1) is 19.3. The topological polar surface area (TPSA) is 97.4 Å². The zero-order valence-electron chi connectivity index (χ0n) is 22.7. The molecule has 0 spiro atoms. The van der Waals surface area contributed by atoms with Gasteiger partial charge in [-0.05, 0) is 61.4 Å². The van der Waals surface area contributed by atoms with Gasteiger partial charge in [0, 0.05) is 53.8 Å². The number of halogens is 3. The Kier molecular flexibility index (Phi) is 8.30. The van der Waals surface area contributed by atoms with Gasteiger partial charge in [0.25, 0.3) is 0 Å². The number of piperidine rings is 1. The van der Waals surface area contributed by atoms with Crippen LogP contribution in [0.25, 0.3) is 22.0 Å². The molecule has 0 aliphatic carbocycles. The average Bonchev–Trinajstić information content (AvgIpc) is 3.55. The van der Waals surface area contributed by atoms with Crippen LogP contribution in [0.3, 0.4) is 0 Å². The van der Waals surface area contributed by atoms with Crippen LogP contribution in [0.4, 0.5) is 13.2 Å². The Morgan fingerprint density at radius 1 is 1.15 bits per heavy atom. The molecule has 2 aliphatic heterocycles. The van der Waals surface area contributed by atoms with Crippen LogP contribution in [-0.2, 0) is 21.2 Å². The van der Waals surface area contributed by atoms with Gasteiger partial charge < -0.3 is 15.6 Å². The number of benzene rings is 2. The van der Waals surface area contributed by atoms with E-state index in [-0.39, 0.29) is 48.8 Å². The van der Waals surface area contributed by atoms with E-state index < -0.39 is 15.5 Å². The van der Waals surface area contributed by atoms with Gasteiger partial charge in [0.1, 0.15) is 10.8 Å². The summed E-state index contributed by atoms with van der Waals surface area (Å²) in [5.74, 6) is 0.671. The zero-order valence-corrected chi connectivity index (χ0v) is 24.3. The molecule has 1 unspecified atom stereocenters. The second kappa shape index (κ2) is 11.5. The summed E-state index contributed by atoms with van der Waals surface area (Å²) < 4.78 is 65.9. The van der Waals surface area contributed by atoms with Gasteiger partial charge in [-0.15, -0.1) is 0 Å². The lowest BCUT2D eigenvalue weighted by molar-refractivity contribution is -0.120. The third-order valence-corrected chi connectivity index (χ3v) is 10.1. The number of hydrogen-bond donors (Lipinski definition) is 2. The van der Waals surface area contributed by atoms with Gasteiger partial charge in [-0.2, -0.15) is 17.5 Å². The molecule has 0 saturated carbocycles. The Balaban J connectivity index is 1.46. The van der Waals surface area contributed by atoms with Gasteiger partial charge in [-0.1, -0.05) is 49.5 Å². The molecule has 2 aromatic carbocycles. The fourth-order valence-electron chi connectivity index (χ4n) is 5.93. The first kappa shape index (κ1) is 29.7. The first-order valence-corrected chi connectivity index (χ1v) is 15.6. The molecule has 0 radical (unpaired) electrons. The van der Waals surface area contributed by atoms with Crippen molar-refractivity contribution in [3.05, 3.63) is 59.8 Å². The minimum atomic E-state index is -5.37. The molecule has 3 aromatic rings. The predicted octanol–water partition coefficient (Wildman–Crippen LogP) is 4.93. The highest BCUT2D eigenvalue weighted by Gasteiger charge is 2.50. The molecule has 220 valence electrons. The molecule has 2 atom stereocenters. The summed E-state index contributed by atoms with van der Waals surface area (Å²) in [6, 6.07) is 13.3. The van der Waals surface area contributed by atoms with Crippen LogP contribution >= 0.6 is 12.2 Å². The minimum Gasteiger partial charge on any atom is -0.389 e. The maximum atomic E-state index is 13.1. The van der Waals surface area contributed by atoms with Crippen LogP contribution in [0, 0.1) is 5.92 Å². The highest BCUT2D eigenvalue weighted by molar-refractivity contribution is 7.90. The fourth-order valence-corrected chi connectivity index (χ4v) is 7.04. The molecule has 5 rings (SSSR count). The van der Waals surface area contributed by atoms with E-state index in [2.05, 4.69) is 12.2 Å². The van der Waals surface area contributed by atoms with Crippen LogP contribution < -0.4 is 11.1 Å². The smallest absolute Gasteiger partial charge is 0.389 e. The summed E-state index contributed by atoms with van der Waals surface area (Å²) in [5.41, 5.74) is 4.93. The number of sulfonamides is 1. The summed E-state index contributed by atoms with van der Waals surface area (Å²) in [6.07, 6.45) is 4.27. The quantitative estimate of drug-likeness (QED) is 0.353. The molecule has 2 saturated heterocycles. The number of fused-ring (bicyclic) bond motifs is 1. The number of hydrogen-bond acceptors (Lipinski definition) is 5. The second-order valence-corrected chi connectivity index (χ2v) is 13.5. The maximum absolute atomic E-state index is 13.1. The highest BCUT2D eigenvalue weighted by Crippen LogP contribution is 2.38. The van der Waals surface area contributed by atoms with Crippen molar-refractivity contribution in [1.29, 1.82) is 0 Å². The number of rotatable bonds is 8. The number of nitrogens with zero attached hydrogens (tertiary/aromatic N) is 2. The van der Waals surface area contributed by atoms with E-state index in [1.807, 2.05) is 53.2 Å². The molecule has 0 amide bonds. The third kappa shape index (κ3) is 6.06. The molecule has 2 aliphatic rings. The molecule has 3 N–H and O–H groups in total. The van der Waals surface area contributed by atoms with Gasteiger partial charge >= 0.3 is 15.5 Å². The van der Waals surface area contributed by atoms with Crippen molar-refractivity contribution in [2.75, 3.05) is 19.6 Å². The van der Waals surface area contributed by atoms with Crippen LogP contribution in [0.15, 0.2) is 48.7 Å². The number of thiocarbonyl (C=S) groups is 1. The van der Waals surface area contributed by atoms with Gasteiger partial charge in [0.2, 0.25) is 0 Å². The van der Waals surface area contributed by atoms with Crippen molar-refractivity contribution in [3.63, 3.8) is 0 Å². The van der Waals surface area contributed by atoms with Crippen molar-refractivity contribution in [2.24, 2.45) is 11.7 Å². The standard InChI is InChI=1S/C29H33F3N4O3S2/c1-18-13-25(34-16-18)27(37)8-6-19-5-7-23-24(20-3-2-4-21(15-20)28(33)40)17-36(26(23)14-19)22-9-11-35(12-10-22)41(38,39)29(30,31)32/h2-5,7,14-15,17-18,22,25,34H,6,8-13,16H2,1H3,(H2,33,40)/t18-,25?/m0/s1. The molecule has 7 nitrogen and oxygen atoms in total. The average molecular weight is 607 g/mol. The fraction of sp³-hybridized carbons (Fsp3) is 0.448. The molecule has 41 heavy (non-hydrogen) atoms. The van der Waals surface area contributed by atoms with E-state index >= 15 is 0 Å². The van der Waals surface area contributed by atoms with E-state index in [4.69, 9.17) is 18.0 Å². The highest BCUT2D eigenvalue weighted by atomic mass is 32.2. The monoisotopic (exact) mass is 606 g/mol. The van der Waals surface area contributed by atoms with Crippen molar-refractivity contribution in [2.45, 2.75) is 56.6 Å². The molecule has 0 bridgehead atoms. The SMILES string of the molecule is C[C@@H]1CNC(C(=O)CCc2ccc3c(-c4cccc(C(N)=S)c4)cn(C4CCN(S(=O)(=O)C(F)(F)F)CC4)c3c2)C1. The molecule has 3 heterocycles. The number of Topliss-reactive ketones (excluding diaryl/α,β-unsaturated/α-hetero) is 1. The molecular formula is C29H33F3N4O3S2. The number of aryl methyl sites for hydroxylation is 1. The Bertz CT molecular complexity index is 1580. The van der Waals surface area contributed by atoms with E-state index in [1.54, 1.807) is 0 Å². The summed E-state index contributed by atoms with van der Waals surface area (Å²) in [7, 11) is -5.37. The normalized spacial score (nSPS) is 21.0. The van der Waals surface area contributed by atoms with Gasteiger partial charge in [0.05, 0.1) is 6.04 Å². The number of carbonyl (C=O) groups excluding carboxylic acids is 1. The lowest BCUT2D eigenvalue weighted by Crippen LogP contribution is -2.45. The number of nitrogens with two attached hydrogens (primary N) is 1.